The number of likely N-dealkylation sites (tertiary alicyclic amines) is 1. The summed E-state index contributed by atoms with van der Waals surface area (Å²) in [5.41, 5.74) is 0.837. The number of carboxylic acids is 1. The van der Waals surface area contributed by atoms with Gasteiger partial charge < -0.3 is 20.6 Å². The van der Waals surface area contributed by atoms with Gasteiger partial charge in [-0.1, -0.05) is 25.0 Å². The van der Waals surface area contributed by atoms with Gasteiger partial charge in [-0.3, -0.25) is 0 Å². The third-order valence-electron chi connectivity index (χ3n) is 4.86. The van der Waals surface area contributed by atoms with Crippen molar-refractivity contribution in [1.29, 1.82) is 0 Å². The standard InChI is InChI=1S/C20H31N3O3/c1-20(2,11-14-23-12-5-3-4-6-13-23)22-19(26)21-15-16-7-9-17(10-8-16)18(24)25/h7-10H,3-6,11-15H2,1-2H3,(H,24,25)(H2,21,22,26). The number of hydrogen-bond donors (Lipinski definition) is 3. The number of hydrogen-bond acceptors (Lipinski definition) is 3. The minimum atomic E-state index is -0.951. The molecular weight excluding hydrogens is 330 g/mol. The highest BCUT2D eigenvalue weighted by molar-refractivity contribution is 5.87. The summed E-state index contributed by atoms with van der Waals surface area (Å²) in [6.45, 7) is 7.79. The first kappa shape index (κ1) is 20.2. The van der Waals surface area contributed by atoms with Gasteiger partial charge in [0.2, 0.25) is 0 Å². The van der Waals surface area contributed by atoms with Crippen LogP contribution in [0.1, 0.15) is 61.9 Å². The SMILES string of the molecule is CC(C)(CCN1CCCCCC1)NC(=O)NCc1ccc(C(=O)O)cc1. The van der Waals surface area contributed by atoms with Crippen LogP contribution in [0.3, 0.4) is 0 Å². The van der Waals surface area contributed by atoms with E-state index in [1.54, 1.807) is 24.3 Å². The zero-order valence-corrected chi connectivity index (χ0v) is 15.9. The van der Waals surface area contributed by atoms with Crippen molar-refractivity contribution in [2.45, 2.75) is 58.0 Å². The number of benzene rings is 1. The van der Waals surface area contributed by atoms with Crippen LogP contribution >= 0.6 is 0 Å². The summed E-state index contributed by atoms with van der Waals surface area (Å²) in [4.78, 5) is 25.5. The molecule has 0 radical (unpaired) electrons. The molecule has 1 aliphatic rings. The maximum atomic E-state index is 12.2. The Labute approximate surface area is 156 Å². The molecule has 2 rings (SSSR count). The van der Waals surface area contributed by atoms with Crippen LogP contribution < -0.4 is 10.6 Å². The Balaban J connectivity index is 1.73. The van der Waals surface area contributed by atoms with Gasteiger partial charge in [0.05, 0.1) is 5.56 Å². The molecule has 0 aromatic heterocycles. The number of carboxylic acid groups (broad SMARTS) is 1. The number of nitrogens with zero attached hydrogens (tertiary/aromatic N) is 1. The van der Waals surface area contributed by atoms with Crippen LogP contribution in [-0.4, -0.2) is 47.2 Å². The van der Waals surface area contributed by atoms with Crippen LogP contribution in [0, 0.1) is 0 Å². The van der Waals surface area contributed by atoms with Gasteiger partial charge in [-0.15, -0.1) is 0 Å². The van der Waals surface area contributed by atoms with Gasteiger partial charge in [0, 0.05) is 18.6 Å². The van der Waals surface area contributed by atoms with Crippen LogP contribution in [0.5, 0.6) is 0 Å². The van der Waals surface area contributed by atoms with Crippen LogP contribution in [-0.2, 0) is 6.54 Å². The molecule has 0 spiro atoms. The van der Waals surface area contributed by atoms with Crippen molar-refractivity contribution in [3.63, 3.8) is 0 Å². The Morgan fingerprint density at radius 3 is 2.27 bits per heavy atom. The average molecular weight is 361 g/mol. The summed E-state index contributed by atoms with van der Waals surface area (Å²) in [7, 11) is 0. The number of aromatic carboxylic acids is 1. The van der Waals surface area contributed by atoms with Gasteiger partial charge in [-0.2, -0.15) is 0 Å². The lowest BCUT2D eigenvalue weighted by atomic mass is 10.0. The molecule has 144 valence electrons. The highest BCUT2D eigenvalue weighted by Crippen LogP contribution is 2.14. The number of amides is 2. The summed E-state index contributed by atoms with van der Waals surface area (Å²) in [6.07, 6.45) is 6.11. The molecule has 1 aliphatic heterocycles. The Morgan fingerprint density at radius 1 is 1.08 bits per heavy atom. The van der Waals surface area contributed by atoms with Crippen LogP contribution in [0.15, 0.2) is 24.3 Å². The lowest BCUT2D eigenvalue weighted by molar-refractivity contribution is 0.0697. The number of rotatable bonds is 7. The van der Waals surface area contributed by atoms with Gasteiger partial charge >= 0.3 is 12.0 Å². The lowest BCUT2D eigenvalue weighted by Gasteiger charge is -2.30. The molecule has 0 aliphatic carbocycles. The Morgan fingerprint density at radius 2 is 1.69 bits per heavy atom. The first-order chi connectivity index (χ1) is 12.4. The van der Waals surface area contributed by atoms with Crippen molar-refractivity contribution < 1.29 is 14.7 Å². The Bertz CT molecular complexity index is 591. The van der Waals surface area contributed by atoms with Gasteiger partial charge in [-0.05, 0) is 63.9 Å². The van der Waals surface area contributed by atoms with Gasteiger partial charge in [-0.25, -0.2) is 9.59 Å². The van der Waals surface area contributed by atoms with E-state index in [0.717, 1.165) is 31.6 Å². The first-order valence-electron chi connectivity index (χ1n) is 9.46. The van der Waals surface area contributed by atoms with E-state index in [0.29, 0.717) is 6.54 Å². The molecule has 0 unspecified atom stereocenters. The van der Waals surface area contributed by atoms with Crippen LogP contribution in [0.2, 0.25) is 0 Å². The minimum Gasteiger partial charge on any atom is -0.478 e. The summed E-state index contributed by atoms with van der Waals surface area (Å²) >= 11 is 0. The highest BCUT2D eigenvalue weighted by atomic mass is 16.4. The van der Waals surface area contributed by atoms with Crippen molar-refractivity contribution in [1.82, 2.24) is 15.5 Å². The molecule has 6 nitrogen and oxygen atoms in total. The van der Waals surface area contributed by atoms with Gasteiger partial charge in [0.15, 0.2) is 0 Å². The average Bonchev–Trinajstić information content (AvgIpc) is 2.87. The van der Waals surface area contributed by atoms with Gasteiger partial charge in [0.1, 0.15) is 0 Å². The number of urea groups is 1. The normalized spacial score (nSPS) is 15.9. The molecule has 0 atom stereocenters. The van der Waals surface area contributed by atoms with E-state index in [-0.39, 0.29) is 17.1 Å². The van der Waals surface area contributed by atoms with Crippen molar-refractivity contribution in [3.05, 3.63) is 35.4 Å². The number of nitrogens with one attached hydrogen (secondary N) is 2. The third-order valence-corrected chi connectivity index (χ3v) is 4.86. The summed E-state index contributed by atoms with van der Waals surface area (Å²) in [5, 5.41) is 14.8. The first-order valence-corrected chi connectivity index (χ1v) is 9.46. The van der Waals surface area contributed by atoms with E-state index in [1.165, 1.54) is 25.7 Å². The summed E-state index contributed by atoms with van der Waals surface area (Å²) < 4.78 is 0. The van der Waals surface area contributed by atoms with E-state index in [1.807, 2.05) is 13.8 Å². The molecule has 1 aromatic carbocycles. The predicted molar refractivity (Wildman–Crippen MR) is 102 cm³/mol. The second kappa shape index (κ2) is 9.57. The van der Waals surface area contributed by atoms with Gasteiger partial charge in [0.25, 0.3) is 0 Å². The fourth-order valence-electron chi connectivity index (χ4n) is 3.16. The largest absolute Gasteiger partial charge is 0.478 e. The Hall–Kier alpha value is -2.08. The fraction of sp³-hybridized carbons (Fsp3) is 0.600. The second-order valence-electron chi connectivity index (χ2n) is 7.70. The van der Waals surface area contributed by atoms with Crippen molar-refractivity contribution in [2.75, 3.05) is 19.6 Å². The quantitative estimate of drug-likeness (QED) is 0.696. The maximum absolute atomic E-state index is 12.2. The topological polar surface area (TPSA) is 81.7 Å². The molecule has 2 amide bonds. The van der Waals surface area contributed by atoms with E-state index in [9.17, 15) is 9.59 Å². The molecule has 26 heavy (non-hydrogen) atoms. The summed E-state index contributed by atoms with van der Waals surface area (Å²) in [5.74, 6) is -0.951. The number of carbonyl (C=O) groups excluding carboxylic acids is 1. The molecule has 3 N–H and O–H groups in total. The fourth-order valence-corrected chi connectivity index (χ4v) is 3.16. The molecule has 1 saturated heterocycles. The van der Waals surface area contributed by atoms with Crippen molar-refractivity contribution in [2.24, 2.45) is 0 Å². The molecule has 1 heterocycles. The summed E-state index contributed by atoms with van der Waals surface area (Å²) in [6, 6.07) is 6.32. The molecule has 6 heteroatoms. The second-order valence-corrected chi connectivity index (χ2v) is 7.70. The van der Waals surface area contributed by atoms with Crippen molar-refractivity contribution >= 4 is 12.0 Å². The monoisotopic (exact) mass is 361 g/mol. The molecule has 0 saturated carbocycles. The zero-order valence-electron chi connectivity index (χ0n) is 15.9. The zero-order chi connectivity index (χ0) is 19.0. The van der Waals surface area contributed by atoms with Crippen LogP contribution in [0.25, 0.3) is 0 Å². The molecular formula is C20H31N3O3. The molecule has 0 bridgehead atoms. The van der Waals surface area contributed by atoms with E-state index in [4.69, 9.17) is 5.11 Å². The molecule has 1 fully saturated rings. The third kappa shape index (κ3) is 7.04. The van der Waals surface area contributed by atoms with E-state index < -0.39 is 5.97 Å². The van der Waals surface area contributed by atoms with Crippen molar-refractivity contribution in [3.8, 4) is 0 Å². The maximum Gasteiger partial charge on any atom is 0.335 e. The number of carbonyl (C=O) groups is 2. The van der Waals surface area contributed by atoms with E-state index >= 15 is 0 Å². The predicted octanol–water partition coefficient (Wildman–Crippen LogP) is 3.23. The lowest BCUT2D eigenvalue weighted by Crippen LogP contribution is -2.49. The molecule has 1 aromatic rings. The van der Waals surface area contributed by atoms with E-state index in [2.05, 4.69) is 15.5 Å². The highest BCUT2D eigenvalue weighted by Gasteiger charge is 2.21. The minimum absolute atomic E-state index is 0.201. The van der Waals surface area contributed by atoms with Crippen LogP contribution in [0.4, 0.5) is 4.79 Å². The Kier molecular flexibility index (Phi) is 7.45. The smallest absolute Gasteiger partial charge is 0.335 e.